The van der Waals surface area contributed by atoms with Crippen molar-refractivity contribution in [2.75, 3.05) is 0 Å². The summed E-state index contributed by atoms with van der Waals surface area (Å²) < 4.78 is 36.9. The molecule has 3 nitrogen and oxygen atoms in total. The highest BCUT2D eigenvalue weighted by molar-refractivity contribution is 9.10. The van der Waals surface area contributed by atoms with Crippen LogP contribution in [0.3, 0.4) is 0 Å². The van der Waals surface area contributed by atoms with Crippen LogP contribution in [-0.2, 0) is 6.54 Å². The van der Waals surface area contributed by atoms with Gasteiger partial charge in [0.25, 0.3) is 5.56 Å². The normalized spacial score (nSPS) is 11.7. The van der Waals surface area contributed by atoms with Crippen molar-refractivity contribution >= 4 is 15.9 Å². The van der Waals surface area contributed by atoms with Gasteiger partial charge in [-0.3, -0.25) is 9.36 Å². The van der Waals surface area contributed by atoms with Crippen LogP contribution in [0.5, 0.6) is 0 Å². The van der Waals surface area contributed by atoms with Gasteiger partial charge in [-0.1, -0.05) is 0 Å². The molecule has 15 heavy (non-hydrogen) atoms. The highest BCUT2D eigenvalue weighted by Crippen LogP contribution is 2.21. The Morgan fingerprint density at radius 1 is 1.47 bits per heavy atom. The molecule has 0 aromatic carbocycles. The first-order chi connectivity index (χ1) is 6.90. The lowest BCUT2D eigenvalue weighted by atomic mass is 10.3. The maximum atomic E-state index is 11.8. The number of halogens is 4. The molecule has 84 valence electrons. The fraction of sp³-hybridized carbons (Fsp3) is 0.500. The van der Waals surface area contributed by atoms with Gasteiger partial charge in [-0.25, -0.2) is 4.98 Å². The van der Waals surface area contributed by atoms with Crippen molar-refractivity contribution in [3.8, 4) is 0 Å². The molecule has 0 N–H and O–H groups in total. The summed E-state index contributed by atoms with van der Waals surface area (Å²) in [5.41, 5.74) is -0.368. The number of aromatic nitrogens is 2. The number of rotatable bonds is 3. The third kappa shape index (κ3) is 4.03. The molecule has 7 heteroatoms. The largest absolute Gasteiger partial charge is 0.389 e. The fourth-order valence-corrected chi connectivity index (χ4v) is 1.38. The van der Waals surface area contributed by atoms with E-state index in [0.29, 0.717) is 0 Å². The van der Waals surface area contributed by atoms with Crippen molar-refractivity contribution in [3.63, 3.8) is 0 Å². The topological polar surface area (TPSA) is 34.9 Å². The van der Waals surface area contributed by atoms with E-state index in [2.05, 4.69) is 20.9 Å². The summed E-state index contributed by atoms with van der Waals surface area (Å²) in [5.74, 6) is 0. The van der Waals surface area contributed by atoms with Gasteiger partial charge in [-0.15, -0.1) is 0 Å². The molecule has 0 atom stereocenters. The van der Waals surface area contributed by atoms with Crippen molar-refractivity contribution in [2.24, 2.45) is 0 Å². The van der Waals surface area contributed by atoms with E-state index in [1.54, 1.807) is 0 Å². The minimum absolute atomic E-state index is 0.0186. The average Bonchev–Trinajstić information content (AvgIpc) is 2.10. The molecule has 0 unspecified atom stereocenters. The summed E-state index contributed by atoms with van der Waals surface area (Å²) in [6, 6.07) is 0. The fourth-order valence-electron chi connectivity index (χ4n) is 1.03. The Kier molecular flexibility index (Phi) is 3.90. The molecule has 0 bridgehead atoms. The van der Waals surface area contributed by atoms with Gasteiger partial charge in [-0.2, -0.15) is 13.2 Å². The van der Waals surface area contributed by atoms with Gasteiger partial charge in [-0.05, 0) is 22.4 Å². The van der Waals surface area contributed by atoms with E-state index in [-0.39, 0.29) is 23.0 Å². The van der Waals surface area contributed by atoms with Crippen molar-refractivity contribution in [2.45, 2.75) is 25.6 Å². The summed E-state index contributed by atoms with van der Waals surface area (Å²) in [6.45, 7) is 0.0186. The molecule has 0 saturated heterocycles. The summed E-state index contributed by atoms with van der Waals surface area (Å²) in [5, 5.41) is 0. The predicted molar refractivity (Wildman–Crippen MR) is 51.5 cm³/mol. The molecule has 1 aromatic heterocycles. The lowest BCUT2D eigenvalue weighted by Crippen LogP contribution is -2.21. The molecular weight excluding hydrogens is 277 g/mol. The van der Waals surface area contributed by atoms with Gasteiger partial charge in [0, 0.05) is 19.2 Å². The van der Waals surface area contributed by atoms with Crippen LogP contribution in [0, 0.1) is 0 Å². The van der Waals surface area contributed by atoms with E-state index in [4.69, 9.17) is 0 Å². The number of hydrogen-bond donors (Lipinski definition) is 0. The van der Waals surface area contributed by atoms with E-state index >= 15 is 0 Å². The second-order valence-electron chi connectivity index (χ2n) is 2.96. The first-order valence-electron chi connectivity index (χ1n) is 4.17. The lowest BCUT2D eigenvalue weighted by Gasteiger charge is -2.07. The van der Waals surface area contributed by atoms with E-state index in [1.807, 2.05) is 0 Å². The number of alkyl halides is 3. The molecule has 0 radical (unpaired) electrons. The monoisotopic (exact) mass is 284 g/mol. The SMILES string of the molecule is O=c1c(Br)cncn1CCCC(F)(F)F. The molecule has 0 saturated carbocycles. The Morgan fingerprint density at radius 2 is 2.13 bits per heavy atom. The predicted octanol–water partition coefficient (Wildman–Crippen LogP) is 2.35. The van der Waals surface area contributed by atoms with Crippen LogP contribution in [0.1, 0.15) is 12.8 Å². The van der Waals surface area contributed by atoms with Crippen LogP contribution < -0.4 is 5.56 Å². The van der Waals surface area contributed by atoms with Crippen LogP contribution in [-0.4, -0.2) is 15.7 Å². The molecule has 0 spiro atoms. The van der Waals surface area contributed by atoms with Gasteiger partial charge in [0.15, 0.2) is 0 Å². The van der Waals surface area contributed by atoms with Gasteiger partial charge in [0.1, 0.15) is 4.47 Å². The number of nitrogens with zero attached hydrogens (tertiary/aromatic N) is 2. The maximum absolute atomic E-state index is 11.8. The molecular formula is C8H8BrF3N2O. The van der Waals surface area contributed by atoms with Crippen molar-refractivity contribution < 1.29 is 13.2 Å². The van der Waals surface area contributed by atoms with Crippen LogP contribution in [0.4, 0.5) is 13.2 Å². The van der Waals surface area contributed by atoms with E-state index in [9.17, 15) is 18.0 Å². The Morgan fingerprint density at radius 3 is 2.73 bits per heavy atom. The molecule has 0 aliphatic rings. The molecule has 1 rings (SSSR count). The van der Waals surface area contributed by atoms with Crippen LogP contribution in [0.25, 0.3) is 0 Å². The van der Waals surface area contributed by atoms with Crippen molar-refractivity contribution in [1.29, 1.82) is 0 Å². The smallest absolute Gasteiger partial charge is 0.298 e. The molecule has 0 aliphatic carbocycles. The Balaban J connectivity index is 2.59. The minimum atomic E-state index is -4.18. The highest BCUT2D eigenvalue weighted by Gasteiger charge is 2.26. The van der Waals surface area contributed by atoms with Crippen molar-refractivity contribution in [3.05, 3.63) is 27.4 Å². The van der Waals surface area contributed by atoms with Crippen LogP contribution in [0.15, 0.2) is 21.8 Å². The quantitative estimate of drug-likeness (QED) is 0.854. The van der Waals surface area contributed by atoms with Crippen molar-refractivity contribution in [1.82, 2.24) is 9.55 Å². The first-order valence-corrected chi connectivity index (χ1v) is 4.96. The Hall–Kier alpha value is -0.850. The zero-order chi connectivity index (χ0) is 11.5. The average molecular weight is 285 g/mol. The lowest BCUT2D eigenvalue weighted by molar-refractivity contribution is -0.135. The molecule has 1 aromatic rings. The second kappa shape index (κ2) is 4.78. The van der Waals surface area contributed by atoms with E-state index in [0.717, 1.165) is 4.57 Å². The Labute approximate surface area is 92.1 Å². The summed E-state index contributed by atoms with van der Waals surface area (Å²) >= 11 is 2.96. The minimum Gasteiger partial charge on any atom is -0.298 e. The van der Waals surface area contributed by atoms with Gasteiger partial charge < -0.3 is 0 Å². The third-order valence-corrected chi connectivity index (χ3v) is 2.26. The maximum Gasteiger partial charge on any atom is 0.389 e. The summed E-state index contributed by atoms with van der Waals surface area (Å²) in [6.07, 6.45) is -2.66. The number of aryl methyl sites for hydroxylation is 1. The van der Waals surface area contributed by atoms with Gasteiger partial charge in [0.2, 0.25) is 0 Å². The molecule has 0 aliphatic heterocycles. The first kappa shape index (κ1) is 12.2. The second-order valence-corrected chi connectivity index (χ2v) is 3.81. The summed E-state index contributed by atoms with van der Waals surface area (Å²) in [4.78, 5) is 15.0. The standard InChI is InChI=1S/C8H8BrF3N2O/c9-6-4-13-5-14(7(6)15)3-1-2-8(10,11)12/h4-5H,1-3H2. The van der Waals surface area contributed by atoms with E-state index in [1.165, 1.54) is 12.5 Å². The van der Waals surface area contributed by atoms with Crippen LogP contribution in [0.2, 0.25) is 0 Å². The third-order valence-electron chi connectivity index (χ3n) is 1.72. The zero-order valence-electron chi connectivity index (χ0n) is 7.59. The highest BCUT2D eigenvalue weighted by atomic mass is 79.9. The molecule has 0 fully saturated rings. The summed E-state index contributed by atoms with van der Waals surface area (Å²) in [7, 11) is 0. The van der Waals surface area contributed by atoms with E-state index < -0.39 is 12.6 Å². The zero-order valence-corrected chi connectivity index (χ0v) is 9.18. The Bertz CT molecular complexity index is 388. The molecule has 0 amide bonds. The number of hydrogen-bond acceptors (Lipinski definition) is 2. The van der Waals surface area contributed by atoms with Crippen LogP contribution >= 0.6 is 15.9 Å². The van der Waals surface area contributed by atoms with Gasteiger partial charge in [0.05, 0.1) is 6.33 Å². The molecule has 1 heterocycles. The van der Waals surface area contributed by atoms with Gasteiger partial charge >= 0.3 is 6.18 Å².